The van der Waals surface area contributed by atoms with E-state index in [0.29, 0.717) is 46.0 Å². The molecule has 1 aliphatic carbocycles. The number of nitrogens with one attached hydrogen (secondary N) is 2. The minimum Gasteiger partial charge on any atom is -0.439 e. The number of H-pyrrole nitrogens is 1. The van der Waals surface area contributed by atoms with Crippen LogP contribution in [-0.4, -0.2) is 25.1 Å². The Hall–Kier alpha value is -4.15. The van der Waals surface area contributed by atoms with E-state index in [1.807, 2.05) is 0 Å². The molecule has 2 aromatic heterocycles. The van der Waals surface area contributed by atoms with Crippen LogP contribution in [0.2, 0.25) is 0 Å². The molecule has 1 fully saturated rings. The molecular weight excluding hydrogens is 495 g/mol. The first-order valence-corrected chi connectivity index (χ1v) is 12.1. The van der Waals surface area contributed by atoms with E-state index in [9.17, 15) is 13.2 Å². The maximum Gasteiger partial charge on any atom is 0.416 e. The zero-order valence-electron chi connectivity index (χ0n) is 21.6. The lowest BCUT2D eigenvalue weighted by molar-refractivity contribution is -0.137. The Labute approximate surface area is 218 Å². The van der Waals surface area contributed by atoms with Gasteiger partial charge in [0, 0.05) is 23.2 Å². The minimum absolute atomic E-state index is 0.133. The Morgan fingerprint density at radius 1 is 0.947 bits per heavy atom. The number of aromatic amines is 1. The Balaban J connectivity index is 0.000000617. The van der Waals surface area contributed by atoms with Gasteiger partial charge in [0.25, 0.3) is 0 Å². The highest BCUT2D eigenvalue weighted by Gasteiger charge is 2.30. The maximum absolute atomic E-state index is 12.9. The van der Waals surface area contributed by atoms with Crippen LogP contribution in [0.15, 0.2) is 54.6 Å². The molecule has 200 valence electrons. The molecule has 0 aliphatic heterocycles. The number of halogens is 3. The van der Waals surface area contributed by atoms with Crippen molar-refractivity contribution in [2.45, 2.75) is 52.6 Å². The average Bonchev–Trinajstić information content (AvgIpc) is 3.57. The number of nitrogens with two attached hydrogens (primary N) is 1. The average molecular weight is 526 g/mol. The van der Waals surface area contributed by atoms with Gasteiger partial charge in [-0.15, -0.1) is 5.10 Å². The highest BCUT2D eigenvalue weighted by molar-refractivity contribution is 5.61. The fourth-order valence-electron chi connectivity index (χ4n) is 3.21. The summed E-state index contributed by atoms with van der Waals surface area (Å²) >= 11 is 0. The lowest BCUT2D eigenvalue weighted by Gasteiger charge is -2.08. The van der Waals surface area contributed by atoms with E-state index in [1.165, 1.54) is 12.1 Å². The van der Waals surface area contributed by atoms with E-state index < -0.39 is 11.7 Å². The number of rotatable bonds is 6. The van der Waals surface area contributed by atoms with Crippen LogP contribution in [0.1, 0.15) is 57.8 Å². The summed E-state index contributed by atoms with van der Waals surface area (Å²) < 4.78 is 44.6. The number of alkyl halides is 3. The molecule has 0 spiro atoms. The van der Waals surface area contributed by atoms with Gasteiger partial charge in [-0.25, -0.2) is 4.98 Å². The monoisotopic (exact) mass is 525 g/mol. The fraction of sp³-hybridized carbons (Fsp3) is 0.333. The predicted molar refractivity (Wildman–Crippen MR) is 140 cm³/mol. The molecule has 4 aromatic rings. The highest BCUT2D eigenvalue weighted by atomic mass is 19.4. The quantitative estimate of drug-likeness (QED) is 0.241. The van der Waals surface area contributed by atoms with Gasteiger partial charge < -0.3 is 15.8 Å². The summed E-state index contributed by atoms with van der Waals surface area (Å²) in [4.78, 5) is 13.0. The largest absolute Gasteiger partial charge is 0.439 e. The summed E-state index contributed by atoms with van der Waals surface area (Å²) in [5, 5.41) is 9.58. The third kappa shape index (κ3) is 7.92. The molecule has 4 N–H and O–H groups in total. The number of benzene rings is 2. The number of hydrogen-bond donors (Lipinski definition) is 3. The van der Waals surface area contributed by atoms with Gasteiger partial charge in [-0.2, -0.15) is 23.1 Å². The number of aromatic nitrogens is 5. The third-order valence-corrected chi connectivity index (χ3v) is 4.94. The zero-order valence-corrected chi connectivity index (χ0v) is 21.6. The van der Waals surface area contributed by atoms with Gasteiger partial charge in [-0.1, -0.05) is 45.9 Å². The third-order valence-electron chi connectivity index (χ3n) is 4.94. The lowest BCUT2D eigenvalue weighted by atomic mass is 10.0. The summed E-state index contributed by atoms with van der Waals surface area (Å²) in [6, 6.07) is 13.4. The van der Waals surface area contributed by atoms with E-state index in [4.69, 9.17) is 10.5 Å². The fourth-order valence-corrected chi connectivity index (χ4v) is 3.21. The highest BCUT2D eigenvalue weighted by Crippen LogP contribution is 2.39. The van der Waals surface area contributed by atoms with Gasteiger partial charge in [-0.3, -0.25) is 5.10 Å². The lowest BCUT2D eigenvalue weighted by Crippen LogP contribution is -2.05. The number of hydrogen-bond acceptors (Lipinski definition) is 7. The first kappa shape index (κ1) is 26.9. The Morgan fingerprint density at radius 2 is 1.66 bits per heavy atom. The Bertz CT molecular complexity index is 1390. The van der Waals surface area contributed by atoms with Gasteiger partial charge in [0.15, 0.2) is 5.82 Å². The number of nitrogen functional groups attached to an aromatic ring is 1. The van der Waals surface area contributed by atoms with E-state index in [2.05, 4.69) is 58.2 Å². The molecule has 1 saturated carbocycles. The second-order valence-corrected chi connectivity index (χ2v) is 10.6. The van der Waals surface area contributed by atoms with Crippen molar-refractivity contribution in [2.75, 3.05) is 11.1 Å². The SMILES string of the molecule is CC(C)(C)C.Nc1cc(Oc2cccc(-c3nc(Nc4cccc(C(F)(F)F)c4)n[nH]3)c2)nc(C2CC2)n1. The van der Waals surface area contributed by atoms with Crippen LogP contribution in [0, 0.1) is 5.41 Å². The van der Waals surface area contributed by atoms with Crippen molar-refractivity contribution in [2.24, 2.45) is 5.41 Å². The maximum atomic E-state index is 12.9. The van der Waals surface area contributed by atoms with Crippen molar-refractivity contribution in [1.29, 1.82) is 0 Å². The molecule has 8 nitrogen and oxygen atoms in total. The van der Waals surface area contributed by atoms with Crippen molar-refractivity contribution < 1.29 is 17.9 Å². The topological polar surface area (TPSA) is 115 Å². The Kier molecular flexibility index (Phi) is 7.56. The first-order valence-electron chi connectivity index (χ1n) is 12.1. The van der Waals surface area contributed by atoms with Crippen LogP contribution >= 0.6 is 0 Å². The van der Waals surface area contributed by atoms with E-state index in [-0.39, 0.29) is 11.6 Å². The van der Waals surface area contributed by atoms with E-state index in [0.717, 1.165) is 25.0 Å². The summed E-state index contributed by atoms with van der Waals surface area (Å²) in [6.45, 7) is 8.75. The molecule has 0 saturated heterocycles. The van der Waals surface area contributed by atoms with Crippen molar-refractivity contribution in [3.63, 3.8) is 0 Å². The molecule has 38 heavy (non-hydrogen) atoms. The van der Waals surface area contributed by atoms with Gasteiger partial charge in [0.1, 0.15) is 17.4 Å². The van der Waals surface area contributed by atoms with Gasteiger partial charge in [0.05, 0.1) is 5.56 Å². The molecule has 0 radical (unpaired) electrons. The molecule has 0 bridgehead atoms. The molecule has 2 aromatic carbocycles. The molecular formula is C27H30F3N7O. The minimum atomic E-state index is -4.43. The first-order chi connectivity index (χ1) is 17.8. The van der Waals surface area contributed by atoms with Crippen LogP contribution in [0.5, 0.6) is 11.6 Å². The standard InChI is InChI=1S/C22H18F3N7O.C5H12/c23-22(24,25)14-4-2-5-15(10-14)27-21-30-20(31-32-21)13-3-1-6-16(9-13)33-18-11-17(26)28-19(29-18)12-7-8-12;1-5(2,3)4/h1-6,9-12H,7-8H2,(H2,26,28,29)(H2,27,30,31,32);1-4H3. The summed E-state index contributed by atoms with van der Waals surface area (Å²) in [5.41, 5.74) is 6.50. The van der Waals surface area contributed by atoms with Crippen molar-refractivity contribution in [3.8, 4) is 23.0 Å². The van der Waals surface area contributed by atoms with Gasteiger partial charge in [0.2, 0.25) is 11.8 Å². The van der Waals surface area contributed by atoms with Crippen LogP contribution in [0.4, 0.5) is 30.6 Å². The summed E-state index contributed by atoms with van der Waals surface area (Å²) in [7, 11) is 0. The number of ether oxygens (including phenoxy) is 1. The molecule has 0 atom stereocenters. The summed E-state index contributed by atoms with van der Waals surface area (Å²) in [5.74, 6) is 2.77. The van der Waals surface area contributed by atoms with Crippen molar-refractivity contribution in [3.05, 3.63) is 66.0 Å². The van der Waals surface area contributed by atoms with Crippen LogP contribution in [0.25, 0.3) is 11.4 Å². The smallest absolute Gasteiger partial charge is 0.416 e. The molecule has 2 heterocycles. The molecule has 5 rings (SSSR count). The molecule has 0 unspecified atom stereocenters. The molecule has 1 aliphatic rings. The van der Waals surface area contributed by atoms with Gasteiger partial charge >= 0.3 is 6.18 Å². The van der Waals surface area contributed by atoms with Gasteiger partial charge in [-0.05, 0) is 48.6 Å². The second kappa shape index (κ2) is 10.7. The zero-order chi connectivity index (χ0) is 27.5. The van der Waals surface area contributed by atoms with Crippen molar-refractivity contribution in [1.82, 2.24) is 25.1 Å². The van der Waals surface area contributed by atoms with Crippen LogP contribution in [0.3, 0.4) is 0 Å². The number of anilines is 3. The van der Waals surface area contributed by atoms with Crippen LogP contribution < -0.4 is 15.8 Å². The molecule has 11 heteroatoms. The van der Waals surface area contributed by atoms with E-state index >= 15 is 0 Å². The molecule has 0 amide bonds. The van der Waals surface area contributed by atoms with Crippen molar-refractivity contribution >= 4 is 17.5 Å². The second-order valence-electron chi connectivity index (χ2n) is 10.6. The normalized spacial score (nSPS) is 13.4. The van der Waals surface area contributed by atoms with E-state index in [1.54, 1.807) is 30.3 Å². The Morgan fingerprint density at radius 3 is 2.34 bits per heavy atom. The van der Waals surface area contributed by atoms with Crippen LogP contribution in [-0.2, 0) is 6.18 Å². The number of nitrogens with zero attached hydrogens (tertiary/aromatic N) is 4. The predicted octanol–water partition coefficient (Wildman–Crippen LogP) is 7.33. The summed E-state index contributed by atoms with van der Waals surface area (Å²) in [6.07, 6.45) is -2.35.